The van der Waals surface area contributed by atoms with Crippen molar-refractivity contribution in [2.45, 2.75) is 63.0 Å². The molecule has 0 aliphatic carbocycles. The Labute approximate surface area is 134 Å². The van der Waals surface area contributed by atoms with Crippen LogP contribution in [-0.2, 0) is 19.0 Å². The summed E-state index contributed by atoms with van der Waals surface area (Å²) in [6.07, 6.45) is -6.84. The predicted molar refractivity (Wildman–Crippen MR) is 76.2 cm³/mol. The summed E-state index contributed by atoms with van der Waals surface area (Å²) in [6.45, 7) is 1.10. The average Bonchev–Trinajstić information content (AvgIpc) is 2.54. The molecule has 0 bridgehead atoms. The molecule has 1 aliphatic heterocycles. The van der Waals surface area contributed by atoms with Gasteiger partial charge in [0, 0.05) is 0 Å². The normalized spacial score (nSPS) is 32.5. The third-order valence-corrected chi connectivity index (χ3v) is 3.53. The SMILES string of the molecule is CCCCOC(=O)C[C@H](CO)O[C@@H]1O[C@H](CO)[C@@H](O)[C@H](O)[C@H]1O. The Hall–Kier alpha value is -0.810. The number of carbonyl (C=O) groups is 1. The van der Waals surface area contributed by atoms with E-state index in [0.717, 1.165) is 12.8 Å². The summed E-state index contributed by atoms with van der Waals surface area (Å²) in [6, 6.07) is 0. The molecule has 9 heteroatoms. The summed E-state index contributed by atoms with van der Waals surface area (Å²) >= 11 is 0. The topological polar surface area (TPSA) is 146 Å². The molecule has 0 aromatic carbocycles. The molecule has 1 saturated heterocycles. The van der Waals surface area contributed by atoms with Crippen LogP contribution in [-0.4, -0.2) is 88.1 Å². The summed E-state index contributed by atoms with van der Waals surface area (Å²) in [7, 11) is 0. The number of esters is 1. The van der Waals surface area contributed by atoms with Crippen LogP contribution in [0.3, 0.4) is 0 Å². The molecule has 0 spiro atoms. The Kier molecular flexibility index (Phi) is 8.92. The molecule has 136 valence electrons. The van der Waals surface area contributed by atoms with Gasteiger partial charge in [0.25, 0.3) is 0 Å². The lowest BCUT2D eigenvalue weighted by Gasteiger charge is -2.40. The summed E-state index contributed by atoms with van der Waals surface area (Å²) in [5.41, 5.74) is 0. The van der Waals surface area contributed by atoms with Gasteiger partial charge in [-0.05, 0) is 6.42 Å². The van der Waals surface area contributed by atoms with Crippen molar-refractivity contribution in [1.29, 1.82) is 0 Å². The minimum atomic E-state index is -1.59. The molecule has 1 aliphatic rings. The third kappa shape index (κ3) is 5.96. The lowest BCUT2D eigenvalue weighted by Crippen LogP contribution is -2.59. The maximum absolute atomic E-state index is 11.6. The van der Waals surface area contributed by atoms with Gasteiger partial charge in [-0.25, -0.2) is 0 Å². The molecule has 5 N–H and O–H groups in total. The van der Waals surface area contributed by atoms with Crippen molar-refractivity contribution in [2.24, 2.45) is 0 Å². The molecule has 1 heterocycles. The number of unbranched alkanes of at least 4 members (excludes halogenated alkanes) is 1. The van der Waals surface area contributed by atoms with E-state index in [1.165, 1.54) is 0 Å². The highest BCUT2D eigenvalue weighted by molar-refractivity contribution is 5.69. The average molecular weight is 338 g/mol. The summed E-state index contributed by atoms with van der Waals surface area (Å²) in [5, 5.41) is 47.5. The van der Waals surface area contributed by atoms with Gasteiger partial charge < -0.3 is 39.7 Å². The van der Waals surface area contributed by atoms with Crippen LogP contribution in [0, 0.1) is 0 Å². The highest BCUT2D eigenvalue weighted by Crippen LogP contribution is 2.23. The second-order valence-corrected chi connectivity index (χ2v) is 5.42. The lowest BCUT2D eigenvalue weighted by molar-refractivity contribution is -0.313. The minimum absolute atomic E-state index is 0.255. The van der Waals surface area contributed by atoms with Gasteiger partial charge in [0.15, 0.2) is 6.29 Å². The molecule has 23 heavy (non-hydrogen) atoms. The van der Waals surface area contributed by atoms with Gasteiger partial charge in [0.1, 0.15) is 24.4 Å². The van der Waals surface area contributed by atoms with Gasteiger partial charge in [-0.2, -0.15) is 0 Å². The fraction of sp³-hybridized carbons (Fsp3) is 0.929. The Morgan fingerprint density at radius 1 is 1.17 bits per heavy atom. The quantitative estimate of drug-likeness (QED) is 0.235. The van der Waals surface area contributed by atoms with Crippen LogP contribution in [0.15, 0.2) is 0 Å². The zero-order valence-electron chi connectivity index (χ0n) is 13.1. The highest BCUT2D eigenvalue weighted by atomic mass is 16.7. The van der Waals surface area contributed by atoms with E-state index >= 15 is 0 Å². The van der Waals surface area contributed by atoms with Crippen LogP contribution < -0.4 is 0 Å². The first kappa shape index (κ1) is 20.2. The predicted octanol–water partition coefficient (Wildman–Crippen LogP) is -2.10. The van der Waals surface area contributed by atoms with Crippen LogP contribution in [0.4, 0.5) is 0 Å². The summed E-state index contributed by atoms with van der Waals surface area (Å²) < 4.78 is 15.4. The Bertz CT molecular complexity index is 349. The summed E-state index contributed by atoms with van der Waals surface area (Å²) in [4.78, 5) is 11.6. The van der Waals surface area contributed by atoms with Crippen molar-refractivity contribution >= 4 is 5.97 Å². The van der Waals surface area contributed by atoms with Crippen molar-refractivity contribution < 1.29 is 44.5 Å². The zero-order chi connectivity index (χ0) is 17.4. The van der Waals surface area contributed by atoms with Gasteiger partial charge in [-0.3, -0.25) is 4.79 Å². The highest BCUT2D eigenvalue weighted by Gasteiger charge is 2.44. The van der Waals surface area contributed by atoms with Crippen LogP contribution in [0.1, 0.15) is 26.2 Å². The minimum Gasteiger partial charge on any atom is -0.466 e. The molecule has 1 rings (SSSR count). The molecule has 1 fully saturated rings. The van der Waals surface area contributed by atoms with Gasteiger partial charge in [0.05, 0.1) is 32.3 Å². The molecule has 0 saturated carbocycles. The maximum Gasteiger partial charge on any atom is 0.308 e. The number of ether oxygens (including phenoxy) is 3. The monoisotopic (exact) mass is 338 g/mol. The molecular formula is C14H26O9. The smallest absolute Gasteiger partial charge is 0.308 e. The lowest BCUT2D eigenvalue weighted by atomic mass is 9.99. The van der Waals surface area contributed by atoms with E-state index in [1.54, 1.807) is 0 Å². The molecule has 9 nitrogen and oxygen atoms in total. The van der Waals surface area contributed by atoms with Gasteiger partial charge >= 0.3 is 5.97 Å². The molecule has 0 aromatic heterocycles. The summed E-state index contributed by atoms with van der Waals surface area (Å²) in [5.74, 6) is -0.568. The second-order valence-electron chi connectivity index (χ2n) is 5.42. The fourth-order valence-corrected chi connectivity index (χ4v) is 2.10. The first-order chi connectivity index (χ1) is 10.9. The van der Waals surface area contributed by atoms with E-state index < -0.39 is 56.0 Å². The van der Waals surface area contributed by atoms with Crippen LogP contribution in [0.2, 0.25) is 0 Å². The van der Waals surface area contributed by atoms with E-state index in [-0.39, 0.29) is 13.0 Å². The van der Waals surface area contributed by atoms with Crippen molar-refractivity contribution in [3.05, 3.63) is 0 Å². The number of aliphatic hydroxyl groups is 5. The van der Waals surface area contributed by atoms with Gasteiger partial charge in [-0.15, -0.1) is 0 Å². The Morgan fingerprint density at radius 2 is 1.87 bits per heavy atom. The molecule has 0 aromatic rings. The molecule has 0 amide bonds. The first-order valence-electron chi connectivity index (χ1n) is 7.67. The zero-order valence-corrected chi connectivity index (χ0v) is 13.1. The van der Waals surface area contributed by atoms with E-state index in [2.05, 4.69) is 0 Å². The fourth-order valence-electron chi connectivity index (χ4n) is 2.10. The number of aliphatic hydroxyl groups excluding tert-OH is 5. The first-order valence-corrected chi connectivity index (χ1v) is 7.67. The Morgan fingerprint density at radius 3 is 2.43 bits per heavy atom. The number of hydrogen-bond acceptors (Lipinski definition) is 9. The Balaban J connectivity index is 2.54. The van der Waals surface area contributed by atoms with E-state index in [0.29, 0.717) is 0 Å². The van der Waals surface area contributed by atoms with E-state index in [1.807, 2.05) is 6.92 Å². The van der Waals surface area contributed by atoms with Gasteiger partial charge in [0.2, 0.25) is 0 Å². The van der Waals surface area contributed by atoms with E-state index in [9.17, 15) is 25.2 Å². The van der Waals surface area contributed by atoms with Crippen molar-refractivity contribution in [3.63, 3.8) is 0 Å². The van der Waals surface area contributed by atoms with Crippen LogP contribution in [0.5, 0.6) is 0 Å². The van der Waals surface area contributed by atoms with Crippen molar-refractivity contribution in [1.82, 2.24) is 0 Å². The standard InChI is InChI=1S/C14H26O9/c1-2-3-4-21-10(17)5-8(6-15)22-14-13(20)12(19)11(18)9(7-16)23-14/h8-9,11-16,18-20H,2-7H2,1H3/t8-,9-,11-,12+,13-,14-/m1/s1. The van der Waals surface area contributed by atoms with Crippen LogP contribution >= 0.6 is 0 Å². The maximum atomic E-state index is 11.6. The van der Waals surface area contributed by atoms with Crippen LogP contribution in [0.25, 0.3) is 0 Å². The molecule has 0 radical (unpaired) electrons. The third-order valence-electron chi connectivity index (χ3n) is 3.53. The van der Waals surface area contributed by atoms with Crippen molar-refractivity contribution in [2.75, 3.05) is 19.8 Å². The number of rotatable bonds is 9. The second kappa shape index (κ2) is 10.1. The number of hydrogen-bond donors (Lipinski definition) is 5. The van der Waals surface area contributed by atoms with E-state index in [4.69, 9.17) is 19.3 Å². The molecular weight excluding hydrogens is 312 g/mol. The molecule has 6 atom stereocenters. The van der Waals surface area contributed by atoms with Gasteiger partial charge in [-0.1, -0.05) is 13.3 Å². The largest absolute Gasteiger partial charge is 0.466 e. The molecule has 0 unspecified atom stereocenters. The number of carbonyl (C=O) groups excluding carboxylic acids is 1. The van der Waals surface area contributed by atoms with Crippen molar-refractivity contribution in [3.8, 4) is 0 Å².